The fourth-order valence-corrected chi connectivity index (χ4v) is 1.54. The fourth-order valence-electron chi connectivity index (χ4n) is 1.54. The van der Waals surface area contributed by atoms with E-state index in [1.807, 2.05) is 4.90 Å². The van der Waals surface area contributed by atoms with Gasteiger partial charge in [-0.15, -0.1) is 0 Å². The van der Waals surface area contributed by atoms with Crippen LogP contribution in [0.4, 0.5) is 0 Å². The van der Waals surface area contributed by atoms with Gasteiger partial charge in [0.15, 0.2) is 0 Å². The molecule has 1 rings (SSSR count). The average molecular weight is 212 g/mol. The zero-order valence-electron chi connectivity index (χ0n) is 9.58. The highest BCUT2D eigenvalue weighted by Gasteiger charge is 2.17. The molecule has 4 heteroatoms. The van der Waals surface area contributed by atoms with Gasteiger partial charge in [0.2, 0.25) is 5.91 Å². The molecule has 0 aliphatic carbocycles. The second kappa shape index (κ2) is 5.85. The van der Waals surface area contributed by atoms with Crippen molar-refractivity contribution in [3.05, 3.63) is 0 Å². The van der Waals surface area contributed by atoms with Crippen LogP contribution in [0.1, 0.15) is 26.7 Å². The van der Waals surface area contributed by atoms with E-state index in [0.717, 1.165) is 19.6 Å². The number of carbonyl (C=O) groups excluding carboxylic acids is 2. The van der Waals surface area contributed by atoms with Crippen LogP contribution in [0.2, 0.25) is 0 Å². The van der Waals surface area contributed by atoms with Crippen LogP contribution in [-0.2, 0) is 9.59 Å². The maximum Gasteiger partial charge on any atom is 0.234 e. The lowest BCUT2D eigenvalue weighted by atomic mass is 10.1. The number of rotatable bonds is 4. The molecule has 0 unspecified atom stereocenters. The van der Waals surface area contributed by atoms with E-state index in [9.17, 15) is 9.59 Å². The van der Waals surface area contributed by atoms with Gasteiger partial charge >= 0.3 is 0 Å². The third-order valence-corrected chi connectivity index (χ3v) is 2.49. The number of likely N-dealkylation sites (tertiary alicyclic amines) is 1. The lowest BCUT2D eigenvalue weighted by Gasteiger charge is -2.25. The largest absolute Gasteiger partial charge is 0.355 e. The Bertz CT molecular complexity index is 229. The van der Waals surface area contributed by atoms with Gasteiger partial charge in [0.1, 0.15) is 5.78 Å². The number of hydrogen-bond donors (Lipinski definition) is 1. The number of nitrogens with one attached hydrogen (secondary N) is 1. The molecule has 0 aromatic carbocycles. The summed E-state index contributed by atoms with van der Waals surface area (Å²) in [5.41, 5.74) is 0. The fraction of sp³-hybridized carbons (Fsp3) is 0.818. The molecular formula is C11H20N2O2. The SMILES string of the molecule is CC(C)CNC(=O)CN1CCC(=O)CC1. The van der Waals surface area contributed by atoms with Crippen LogP contribution >= 0.6 is 0 Å². The first-order valence-electron chi connectivity index (χ1n) is 5.58. The maximum atomic E-state index is 11.5. The summed E-state index contributed by atoms with van der Waals surface area (Å²) < 4.78 is 0. The highest BCUT2D eigenvalue weighted by Crippen LogP contribution is 2.04. The Hall–Kier alpha value is -0.900. The van der Waals surface area contributed by atoms with Gasteiger partial charge in [0.05, 0.1) is 6.54 Å². The molecule has 1 saturated heterocycles. The van der Waals surface area contributed by atoms with Crippen molar-refractivity contribution >= 4 is 11.7 Å². The normalized spacial score (nSPS) is 18.2. The zero-order chi connectivity index (χ0) is 11.3. The second-order valence-electron chi connectivity index (χ2n) is 4.51. The minimum Gasteiger partial charge on any atom is -0.355 e. The van der Waals surface area contributed by atoms with Crippen molar-refractivity contribution in [3.63, 3.8) is 0 Å². The van der Waals surface area contributed by atoms with Gasteiger partial charge in [0, 0.05) is 32.5 Å². The van der Waals surface area contributed by atoms with Gasteiger partial charge in [-0.05, 0) is 5.92 Å². The van der Waals surface area contributed by atoms with Gasteiger partial charge in [0.25, 0.3) is 0 Å². The van der Waals surface area contributed by atoms with Gasteiger partial charge in [-0.25, -0.2) is 0 Å². The van der Waals surface area contributed by atoms with Crippen molar-refractivity contribution in [2.24, 2.45) is 5.92 Å². The predicted octanol–water partition coefficient (Wildman–Crippen LogP) is 0.424. The van der Waals surface area contributed by atoms with Crippen LogP contribution in [0.5, 0.6) is 0 Å². The van der Waals surface area contributed by atoms with Crippen molar-refractivity contribution in [2.75, 3.05) is 26.2 Å². The molecular weight excluding hydrogens is 192 g/mol. The van der Waals surface area contributed by atoms with Gasteiger partial charge < -0.3 is 5.32 Å². The molecule has 1 amide bonds. The van der Waals surface area contributed by atoms with Crippen molar-refractivity contribution in [1.29, 1.82) is 0 Å². The van der Waals surface area contributed by atoms with Crippen LogP contribution in [-0.4, -0.2) is 42.8 Å². The lowest BCUT2D eigenvalue weighted by Crippen LogP contribution is -2.42. The summed E-state index contributed by atoms with van der Waals surface area (Å²) in [6, 6.07) is 0. The molecule has 1 heterocycles. The molecule has 0 radical (unpaired) electrons. The minimum absolute atomic E-state index is 0.0676. The monoisotopic (exact) mass is 212 g/mol. The molecule has 0 saturated carbocycles. The summed E-state index contributed by atoms with van der Waals surface area (Å²) in [6.07, 6.45) is 1.19. The number of nitrogens with zero attached hydrogens (tertiary/aromatic N) is 1. The Labute approximate surface area is 91.0 Å². The molecule has 15 heavy (non-hydrogen) atoms. The second-order valence-corrected chi connectivity index (χ2v) is 4.51. The van der Waals surface area contributed by atoms with Crippen LogP contribution in [0, 0.1) is 5.92 Å². The Morgan fingerprint density at radius 1 is 1.40 bits per heavy atom. The standard InChI is InChI=1S/C11H20N2O2/c1-9(2)7-12-11(15)8-13-5-3-10(14)4-6-13/h9H,3-8H2,1-2H3,(H,12,15). The molecule has 86 valence electrons. The summed E-state index contributed by atoms with van der Waals surface area (Å²) in [7, 11) is 0. The molecule has 0 spiro atoms. The van der Waals surface area contributed by atoms with E-state index in [4.69, 9.17) is 0 Å². The topological polar surface area (TPSA) is 49.4 Å². The molecule has 1 aliphatic rings. The summed E-state index contributed by atoms with van der Waals surface area (Å²) >= 11 is 0. The van der Waals surface area contributed by atoms with Gasteiger partial charge in [-0.3, -0.25) is 14.5 Å². The minimum atomic E-state index is 0.0676. The van der Waals surface area contributed by atoms with Crippen LogP contribution in [0.25, 0.3) is 0 Å². The van der Waals surface area contributed by atoms with E-state index in [-0.39, 0.29) is 5.91 Å². The smallest absolute Gasteiger partial charge is 0.234 e. The Morgan fingerprint density at radius 3 is 2.53 bits per heavy atom. The number of amides is 1. The molecule has 1 fully saturated rings. The quantitative estimate of drug-likeness (QED) is 0.735. The first kappa shape index (κ1) is 12.2. The summed E-state index contributed by atoms with van der Waals surface area (Å²) in [5, 5.41) is 2.88. The summed E-state index contributed by atoms with van der Waals surface area (Å²) in [6.45, 7) is 6.76. The van der Waals surface area contributed by atoms with Crippen LogP contribution in [0.3, 0.4) is 0 Å². The van der Waals surface area contributed by atoms with E-state index in [1.54, 1.807) is 0 Å². The first-order chi connectivity index (χ1) is 7.08. The molecule has 1 aliphatic heterocycles. The van der Waals surface area contributed by atoms with Crippen LogP contribution < -0.4 is 5.32 Å². The number of Topliss-reactive ketones (excluding diaryl/α,β-unsaturated/α-hetero) is 1. The van der Waals surface area contributed by atoms with Crippen molar-refractivity contribution in [3.8, 4) is 0 Å². The third-order valence-electron chi connectivity index (χ3n) is 2.49. The first-order valence-corrected chi connectivity index (χ1v) is 5.58. The number of hydrogen-bond acceptors (Lipinski definition) is 3. The van der Waals surface area contributed by atoms with Crippen molar-refractivity contribution < 1.29 is 9.59 Å². The molecule has 0 bridgehead atoms. The average Bonchev–Trinajstić information content (AvgIpc) is 2.19. The van der Waals surface area contributed by atoms with Crippen LogP contribution in [0.15, 0.2) is 0 Å². The van der Waals surface area contributed by atoms with Gasteiger partial charge in [-0.2, -0.15) is 0 Å². The molecule has 0 atom stereocenters. The summed E-state index contributed by atoms with van der Waals surface area (Å²) in [4.78, 5) is 24.5. The number of carbonyl (C=O) groups is 2. The van der Waals surface area contributed by atoms with E-state index < -0.39 is 0 Å². The van der Waals surface area contributed by atoms with E-state index in [2.05, 4.69) is 19.2 Å². The van der Waals surface area contributed by atoms with E-state index in [0.29, 0.717) is 31.1 Å². The highest BCUT2D eigenvalue weighted by atomic mass is 16.2. The Morgan fingerprint density at radius 2 is 2.00 bits per heavy atom. The summed E-state index contributed by atoms with van der Waals surface area (Å²) in [5.74, 6) is 0.865. The maximum absolute atomic E-state index is 11.5. The molecule has 4 nitrogen and oxygen atoms in total. The number of piperidine rings is 1. The van der Waals surface area contributed by atoms with Crippen molar-refractivity contribution in [1.82, 2.24) is 10.2 Å². The molecule has 0 aromatic rings. The lowest BCUT2D eigenvalue weighted by molar-refractivity contribution is -0.126. The third kappa shape index (κ3) is 4.93. The highest BCUT2D eigenvalue weighted by molar-refractivity contribution is 5.81. The predicted molar refractivity (Wildman–Crippen MR) is 58.5 cm³/mol. The Kier molecular flexibility index (Phi) is 4.75. The zero-order valence-corrected chi connectivity index (χ0v) is 9.58. The Balaban J connectivity index is 2.17. The number of ketones is 1. The van der Waals surface area contributed by atoms with Crippen molar-refractivity contribution in [2.45, 2.75) is 26.7 Å². The molecule has 1 N–H and O–H groups in total. The molecule has 0 aromatic heterocycles. The van der Waals surface area contributed by atoms with Gasteiger partial charge in [-0.1, -0.05) is 13.8 Å². The van der Waals surface area contributed by atoms with E-state index >= 15 is 0 Å². The van der Waals surface area contributed by atoms with E-state index in [1.165, 1.54) is 0 Å².